The lowest BCUT2D eigenvalue weighted by Gasteiger charge is -2.39. The number of benzene rings is 1. The van der Waals surface area contributed by atoms with Gasteiger partial charge in [-0.05, 0) is 44.4 Å². The van der Waals surface area contributed by atoms with E-state index in [-0.39, 0.29) is 32.8 Å². The molecule has 2 heterocycles. The number of carbonyl (C=O) groups is 1. The summed E-state index contributed by atoms with van der Waals surface area (Å²) in [5.74, 6) is -1.60. The molecule has 34 heavy (non-hydrogen) atoms. The highest BCUT2D eigenvalue weighted by Crippen LogP contribution is 2.40. The Hall–Kier alpha value is -2.70. The highest BCUT2D eigenvalue weighted by Gasteiger charge is 2.46. The third-order valence-electron chi connectivity index (χ3n) is 5.78. The van der Waals surface area contributed by atoms with E-state index < -0.39 is 54.8 Å². The summed E-state index contributed by atoms with van der Waals surface area (Å²) >= 11 is 0. The number of sulfone groups is 1. The van der Waals surface area contributed by atoms with Crippen LogP contribution in [0.2, 0.25) is 0 Å². The molecule has 1 aliphatic rings. The number of anilines is 1. The highest BCUT2D eigenvalue weighted by atomic mass is 32.2. The second-order valence-corrected chi connectivity index (χ2v) is 10.7. The molecule has 13 heteroatoms. The smallest absolute Gasteiger partial charge is 0.281 e. The van der Waals surface area contributed by atoms with Gasteiger partial charge in [-0.2, -0.15) is 26.3 Å². The SMILES string of the molecule is C.CC(C)([C@@H]1CCN(c2ncc(C(F)(F)F)cn2)C(=O)C1)S(=O)(=O)c1cccc(C(F)(F)F)c1. The second kappa shape index (κ2) is 9.16. The first-order valence-corrected chi connectivity index (χ1v) is 11.1. The molecular weight excluding hydrogens is 488 g/mol. The maximum atomic E-state index is 13.2. The topological polar surface area (TPSA) is 80.2 Å². The van der Waals surface area contributed by atoms with Crippen molar-refractivity contribution in [3.63, 3.8) is 0 Å². The van der Waals surface area contributed by atoms with Crippen molar-refractivity contribution in [3.8, 4) is 0 Å². The molecule has 0 unspecified atom stereocenters. The van der Waals surface area contributed by atoms with Gasteiger partial charge >= 0.3 is 12.4 Å². The molecule has 0 N–H and O–H groups in total. The predicted octanol–water partition coefficient (Wildman–Crippen LogP) is 5.15. The van der Waals surface area contributed by atoms with Crippen LogP contribution < -0.4 is 4.90 Å². The minimum atomic E-state index is -4.72. The van der Waals surface area contributed by atoms with E-state index >= 15 is 0 Å². The van der Waals surface area contributed by atoms with E-state index in [1.54, 1.807) is 0 Å². The maximum Gasteiger partial charge on any atom is 0.419 e. The van der Waals surface area contributed by atoms with Gasteiger partial charge in [0.05, 0.1) is 20.8 Å². The van der Waals surface area contributed by atoms with Gasteiger partial charge in [0.15, 0.2) is 9.84 Å². The summed E-state index contributed by atoms with van der Waals surface area (Å²) in [6, 6.07) is 3.39. The molecule has 6 nitrogen and oxygen atoms in total. The molecule has 1 atom stereocenters. The standard InChI is InChI=1S/C20H19F6N3O3S.CH4/c1-18(2,33(31,32)15-5-3-4-13(8-15)19(21,22)23)12-6-7-29(16(30)9-12)17-27-10-14(11-28-17)20(24,25)26;/h3-5,8,10-12H,6-7,9H2,1-2H3;1H4/t12-;/m1./s1. The second-order valence-electron chi connectivity index (χ2n) is 8.14. The Bertz CT molecular complexity index is 1150. The first kappa shape index (κ1) is 27.5. The van der Waals surface area contributed by atoms with E-state index in [4.69, 9.17) is 0 Å². The van der Waals surface area contributed by atoms with Crippen LogP contribution in [-0.4, -0.2) is 35.6 Å². The summed E-state index contributed by atoms with van der Waals surface area (Å²) in [7, 11) is -4.28. The average molecular weight is 511 g/mol. The summed E-state index contributed by atoms with van der Waals surface area (Å²) in [4.78, 5) is 20.4. The zero-order chi connectivity index (χ0) is 24.8. The van der Waals surface area contributed by atoms with E-state index in [9.17, 15) is 39.6 Å². The molecule has 1 aliphatic heterocycles. The lowest BCUT2D eigenvalue weighted by atomic mass is 9.85. The van der Waals surface area contributed by atoms with Crippen molar-refractivity contribution in [2.24, 2.45) is 5.92 Å². The normalized spacial score (nSPS) is 17.9. The van der Waals surface area contributed by atoms with Crippen molar-refractivity contribution in [1.29, 1.82) is 0 Å². The first-order chi connectivity index (χ1) is 15.0. The van der Waals surface area contributed by atoms with Crippen molar-refractivity contribution in [1.82, 2.24) is 9.97 Å². The Morgan fingerprint density at radius 1 is 0.971 bits per heavy atom. The zero-order valence-electron chi connectivity index (χ0n) is 17.4. The van der Waals surface area contributed by atoms with Crippen molar-refractivity contribution >= 4 is 21.7 Å². The Balaban J connectivity index is 0.00000408. The van der Waals surface area contributed by atoms with E-state index in [1.165, 1.54) is 13.8 Å². The third kappa shape index (κ3) is 5.18. The monoisotopic (exact) mass is 511 g/mol. The lowest BCUT2D eigenvalue weighted by Crippen LogP contribution is -2.49. The number of alkyl halides is 6. The van der Waals surface area contributed by atoms with Gasteiger partial charge in [0, 0.05) is 25.4 Å². The van der Waals surface area contributed by atoms with E-state index in [0.29, 0.717) is 18.5 Å². The first-order valence-electron chi connectivity index (χ1n) is 9.66. The van der Waals surface area contributed by atoms with Crippen LogP contribution in [0.1, 0.15) is 45.2 Å². The Kier molecular flexibility index (Phi) is 7.42. The average Bonchev–Trinajstić information content (AvgIpc) is 2.72. The fraction of sp³-hybridized carbons (Fsp3) is 0.476. The van der Waals surface area contributed by atoms with Crippen molar-refractivity contribution in [2.45, 2.75) is 56.1 Å². The van der Waals surface area contributed by atoms with E-state index in [0.717, 1.165) is 23.1 Å². The van der Waals surface area contributed by atoms with Crippen molar-refractivity contribution in [2.75, 3.05) is 11.4 Å². The number of rotatable bonds is 4. The molecule has 188 valence electrons. The zero-order valence-corrected chi connectivity index (χ0v) is 18.2. The number of hydrogen-bond donors (Lipinski definition) is 0. The fourth-order valence-electron chi connectivity index (χ4n) is 3.61. The fourth-order valence-corrected chi connectivity index (χ4v) is 5.39. The van der Waals surface area contributed by atoms with Crippen LogP contribution in [0.25, 0.3) is 0 Å². The number of amides is 1. The summed E-state index contributed by atoms with van der Waals surface area (Å²) < 4.78 is 102. The molecule has 1 aromatic carbocycles. The molecule has 1 fully saturated rings. The van der Waals surface area contributed by atoms with Gasteiger partial charge in [-0.3, -0.25) is 9.69 Å². The van der Waals surface area contributed by atoms with Crippen LogP contribution >= 0.6 is 0 Å². The van der Waals surface area contributed by atoms with Crippen LogP contribution in [0.15, 0.2) is 41.6 Å². The van der Waals surface area contributed by atoms with Crippen LogP contribution in [0.3, 0.4) is 0 Å². The minimum absolute atomic E-state index is 0. The molecule has 0 radical (unpaired) electrons. The summed E-state index contributed by atoms with van der Waals surface area (Å²) in [5, 5.41) is 0. The molecular formula is C21H23F6N3O3S. The Morgan fingerprint density at radius 3 is 2.03 bits per heavy atom. The largest absolute Gasteiger partial charge is 0.419 e. The van der Waals surface area contributed by atoms with Crippen LogP contribution in [0.5, 0.6) is 0 Å². The van der Waals surface area contributed by atoms with Gasteiger partial charge in [-0.1, -0.05) is 13.5 Å². The molecule has 1 aromatic heterocycles. The van der Waals surface area contributed by atoms with Gasteiger partial charge < -0.3 is 0 Å². The maximum absolute atomic E-state index is 13.2. The Labute approximate surface area is 192 Å². The van der Waals surface area contributed by atoms with Gasteiger partial charge in [0.1, 0.15) is 0 Å². The van der Waals surface area contributed by atoms with Crippen molar-refractivity contribution in [3.05, 3.63) is 47.8 Å². The van der Waals surface area contributed by atoms with Crippen LogP contribution in [0.4, 0.5) is 32.3 Å². The molecule has 0 spiro atoms. The third-order valence-corrected chi connectivity index (χ3v) is 8.37. The molecule has 1 amide bonds. The minimum Gasteiger partial charge on any atom is -0.281 e. The van der Waals surface area contributed by atoms with Crippen LogP contribution in [0, 0.1) is 5.92 Å². The van der Waals surface area contributed by atoms with Gasteiger partial charge in [-0.15, -0.1) is 0 Å². The quantitative estimate of drug-likeness (QED) is 0.531. The molecule has 0 aliphatic carbocycles. The highest BCUT2D eigenvalue weighted by molar-refractivity contribution is 7.92. The van der Waals surface area contributed by atoms with Gasteiger partial charge in [0.2, 0.25) is 11.9 Å². The summed E-state index contributed by atoms with van der Waals surface area (Å²) in [6.45, 7) is 2.62. The van der Waals surface area contributed by atoms with E-state index in [2.05, 4.69) is 9.97 Å². The van der Waals surface area contributed by atoms with Gasteiger partial charge in [0.25, 0.3) is 0 Å². The lowest BCUT2D eigenvalue weighted by molar-refractivity contribution is -0.138. The number of hydrogen-bond acceptors (Lipinski definition) is 5. The van der Waals surface area contributed by atoms with Crippen LogP contribution in [-0.2, 0) is 27.0 Å². The van der Waals surface area contributed by atoms with E-state index in [1.807, 2.05) is 0 Å². The number of piperidine rings is 1. The van der Waals surface area contributed by atoms with Gasteiger partial charge in [-0.25, -0.2) is 18.4 Å². The molecule has 2 aromatic rings. The summed E-state index contributed by atoms with van der Waals surface area (Å²) in [5.41, 5.74) is -2.19. The number of nitrogens with zero attached hydrogens (tertiary/aromatic N) is 3. The number of carbonyl (C=O) groups excluding carboxylic acids is 1. The summed E-state index contributed by atoms with van der Waals surface area (Å²) in [6.07, 6.45) is -8.44. The Morgan fingerprint density at radius 2 is 1.53 bits per heavy atom. The number of halogens is 6. The molecule has 0 saturated carbocycles. The molecule has 0 bridgehead atoms. The predicted molar refractivity (Wildman–Crippen MR) is 112 cm³/mol. The molecule has 1 saturated heterocycles. The van der Waals surface area contributed by atoms with Crippen molar-refractivity contribution < 1.29 is 39.6 Å². The molecule has 3 rings (SSSR count). The number of aromatic nitrogens is 2.